The summed E-state index contributed by atoms with van der Waals surface area (Å²) >= 11 is 0. The number of esters is 1. The summed E-state index contributed by atoms with van der Waals surface area (Å²) in [6.07, 6.45) is 0. The van der Waals surface area contributed by atoms with Crippen molar-refractivity contribution in [3.05, 3.63) is 0 Å². The van der Waals surface area contributed by atoms with Gasteiger partial charge in [-0.05, 0) is 13.8 Å². The minimum absolute atomic E-state index is 0.0120. The van der Waals surface area contributed by atoms with Crippen molar-refractivity contribution in [2.24, 2.45) is 11.1 Å². The van der Waals surface area contributed by atoms with Crippen LogP contribution in [0.1, 0.15) is 13.8 Å². The Morgan fingerprint density at radius 1 is 1.58 bits per heavy atom. The highest BCUT2D eigenvalue weighted by molar-refractivity contribution is 6.02. The van der Waals surface area contributed by atoms with E-state index in [0.717, 1.165) is 0 Å². The quantitative estimate of drug-likeness (QED) is 0.410. The first kappa shape index (κ1) is 15.4. The zero-order chi connectivity index (χ0) is 14.6. The molecule has 8 heteroatoms. The molecule has 0 saturated carbocycles. The second-order valence-corrected chi connectivity index (χ2v) is 4.53. The maximum Gasteiger partial charge on any atom is 0.332 e. The van der Waals surface area contributed by atoms with Crippen LogP contribution in [0.15, 0.2) is 0 Å². The molecule has 0 spiro atoms. The lowest BCUT2D eigenvalue weighted by Gasteiger charge is -2.26. The van der Waals surface area contributed by atoms with E-state index in [9.17, 15) is 14.4 Å². The molecule has 3 atom stereocenters. The number of amides is 1. The number of nitrogens with one attached hydrogen (secondary N) is 1. The number of rotatable bonds is 5. The van der Waals surface area contributed by atoms with Crippen molar-refractivity contribution in [1.29, 1.82) is 0 Å². The van der Waals surface area contributed by atoms with E-state index in [0.29, 0.717) is 0 Å². The molecule has 1 saturated heterocycles. The molecule has 0 radical (unpaired) electrons. The van der Waals surface area contributed by atoms with Gasteiger partial charge in [-0.1, -0.05) is 0 Å². The van der Waals surface area contributed by atoms with Crippen LogP contribution < -0.4 is 11.1 Å². The van der Waals surface area contributed by atoms with Gasteiger partial charge in [0.05, 0.1) is 25.9 Å². The first-order valence-electron chi connectivity index (χ1n) is 5.86. The van der Waals surface area contributed by atoms with Gasteiger partial charge >= 0.3 is 11.9 Å². The molecule has 3 unspecified atom stereocenters. The molecule has 4 N–H and O–H groups in total. The van der Waals surface area contributed by atoms with Crippen LogP contribution in [0.3, 0.4) is 0 Å². The van der Waals surface area contributed by atoms with Crippen LogP contribution in [0.4, 0.5) is 0 Å². The summed E-state index contributed by atoms with van der Waals surface area (Å²) in [4.78, 5) is 34.2. The SMILES string of the molecule is CCOC(=O)C(N)C(=O)NC1COCC1(C)C(=O)O. The number of carboxylic acids is 1. The van der Waals surface area contributed by atoms with Gasteiger partial charge in [0.15, 0.2) is 6.04 Å². The van der Waals surface area contributed by atoms with Crippen molar-refractivity contribution < 1.29 is 29.0 Å². The maximum atomic E-state index is 11.7. The Labute approximate surface area is 110 Å². The first-order valence-corrected chi connectivity index (χ1v) is 5.86. The van der Waals surface area contributed by atoms with Crippen molar-refractivity contribution in [3.63, 3.8) is 0 Å². The highest BCUT2D eigenvalue weighted by atomic mass is 16.5. The minimum atomic E-state index is -1.47. The van der Waals surface area contributed by atoms with Gasteiger partial charge in [0.25, 0.3) is 0 Å². The van der Waals surface area contributed by atoms with Gasteiger partial charge in [-0.2, -0.15) is 0 Å². The molecule has 0 bridgehead atoms. The van der Waals surface area contributed by atoms with Gasteiger partial charge in [0, 0.05) is 0 Å². The van der Waals surface area contributed by atoms with Gasteiger partial charge in [-0.15, -0.1) is 0 Å². The summed E-state index contributed by atoms with van der Waals surface area (Å²) in [5.41, 5.74) is 4.18. The van der Waals surface area contributed by atoms with E-state index >= 15 is 0 Å². The molecule has 0 aromatic heterocycles. The van der Waals surface area contributed by atoms with Gasteiger partial charge in [-0.3, -0.25) is 9.59 Å². The van der Waals surface area contributed by atoms with Crippen molar-refractivity contribution in [1.82, 2.24) is 5.32 Å². The van der Waals surface area contributed by atoms with E-state index in [1.807, 2.05) is 0 Å². The molecule has 1 heterocycles. The zero-order valence-electron chi connectivity index (χ0n) is 10.8. The number of hydrogen-bond acceptors (Lipinski definition) is 6. The van der Waals surface area contributed by atoms with Gasteiger partial charge in [-0.25, -0.2) is 4.79 Å². The Kier molecular flexibility index (Phi) is 4.84. The fraction of sp³-hybridized carbons (Fsp3) is 0.727. The minimum Gasteiger partial charge on any atom is -0.481 e. The van der Waals surface area contributed by atoms with E-state index in [-0.39, 0.29) is 19.8 Å². The molecule has 0 aromatic carbocycles. The monoisotopic (exact) mass is 274 g/mol. The summed E-state index contributed by atoms with van der Waals surface area (Å²) in [6, 6.07) is -2.21. The number of carboxylic acid groups (broad SMARTS) is 1. The second-order valence-electron chi connectivity index (χ2n) is 4.53. The molecule has 1 aliphatic rings. The number of aliphatic carboxylic acids is 1. The van der Waals surface area contributed by atoms with Crippen molar-refractivity contribution in [2.45, 2.75) is 25.9 Å². The number of ether oxygens (including phenoxy) is 2. The molecule has 19 heavy (non-hydrogen) atoms. The second kappa shape index (κ2) is 5.98. The molecular weight excluding hydrogens is 256 g/mol. The van der Waals surface area contributed by atoms with E-state index in [2.05, 4.69) is 10.1 Å². The summed E-state index contributed by atoms with van der Waals surface area (Å²) in [5.74, 6) is -2.71. The highest BCUT2D eigenvalue weighted by Gasteiger charge is 2.48. The Balaban J connectivity index is 2.66. The van der Waals surface area contributed by atoms with Crippen LogP contribution in [-0.4, -0.2) is 54.9 Å². The van der Waals surface area contributed by atoms with Crippen LogP contribution in [0.25, 0.3) is 0 Å². The van der Waals surface area contributed by atoms with E-state index < -0.39 is 35.3 Å². The topological polar surface area (TPSA) is 128 Å². The molecule has 0 aliphatic carbocycles. The van der Waals surface area contributed by atoms with Crippen molar-refractivity contribution >= 4 is 17.8 Å². The normalized spacial score (nSPS) is 27.6. The standard InChI is InChI=1S/C11H18N2O6/c1-3-19-9(15)7(12)8(14)13-6-4-18-5-11(6,2)10(16)17/h6-7H,3-5,12H2,1-2H3,(H,13,14)(H,16,17). The van der Waals surface area contributed by atoms with Crippen LogP contribution in [-0.2, 0) is 23.9 Å². The lowest BCUT2D eigenvalue weighted by Crippen LogP contribution is -2.55. The number of carbonyl (C=O) groups is 3. The molecule has 1 aliphatic heterocycles. The largest absolute Gasteiger partial charge is 0.481 e. The predicted octanol–water partition coefficient (Wildman–Crippen LogP) is -1.52. The maximum absolute atomic E-state index is 11.7. The Bertz CT molecular complexity index is 385. The van der Waals surface area contributed by atoms with E-state index in [1.165, 1.54) is 6.92 Å². The van der Waals surface area contributed by atoms with E-state index in [1.54, 1.807) is 6.92 Å². The third kappa shape index (κ3) is 3.21. The fourth-order valence-corrected chi connectivity index (χ4v) is 1.69. The van der Waals surface area contributed by atoms with Gasteiger partial charge < -0.3 is 25.6 Å². The molecular formula is C11H18N2O6. The first-order chi connectivity index (χ1) is 8.82. The lowest BCUT2D eigenvalue weighted by molar-refractivity contribution is -0.149. The smallest absolute Gasteiger partial charge is 0.332 e. The average molecular weight is 274 g/mol. The Morgan fingerprint density at radius 3 is 2.74 bits per heavy atom. The molecule has 108 valence electrons. The Morgan fingerprint density at radius 2 is 2.21 bits per heavy atom. The predicted molar refractivity (Wildman–Crippen MR) is 63.1 cm³/mol. The molecule has 8 nitrogen and oxygen atoms in total. The fourth-order valence-electron chi connectivity index (χ4n) is 1.69. The van der Waals surface area contributed by atoms with Gasteiger partial charge in [0.1, 0.15) is 5.41 Å². The number of carbonyl (C=O) groups excluding carboxylic acids is 2. The third-order valence-electron chi connectivity index (χ3n) is 3.08. The van der Waals surface area contributed by atoms with Crippen molar-refractivity contribution in [3.8, 4) is 0 Å². The van der Waals surface area contributed by atoms with Gasteiger partial charge in [0.2, 0.25) is 5.91 Å². The zero-order valence-corrected chi connectivity index (χ0v) is 10.8. The summed E-state index contributed by atoms with van der Waals surface area (Å²) in [6.45, 7) is 3.21. The summed E-state index contributed by atoms with van der Waals surface area (Å²) in [7, 11) is 0. The summed E-state index contributed by atoms with van der Waals surface area (Å²) < 4.78 is 9.69. The Hall–Kier alpha value is -1.67. The van der Waals surface area contributed by atoms with Crippen LogP contribution in [0.5, 0.6) is 0 Å². The van der Waals surface area contributed by atoms with Crippen LogP contribution in [0, 0.1) is 5.41 Å². The van der Waals surface area contributed by atoms with Crippen molar-refractivity contribution in [2.75, 3.05) is 19.8 Å². The summed E-state index contributed by atoms with van der Waals surface area (Å²) in [5, 5.41) is 11.6. The van der Waals surface area contributed by atoms with E-state index in [4.69, 9.17) is 15.6 Å². The van der Waals surface area contributed by atoms with Crippen LogP contribution >= 0.6 is 0 Å². The third-order valence-corrected chi connectivity index (χ3v) is 3.08. The molecule has 0 aromatic rings. The highest BCUT2D eigenvalue weighted by Crippen LogP contribution is 2.28. The average Bonchev–Trinajstić information content (AvgIpc) is 2.71. The number of nitrogens with two attached hydrogens (primary N) is 1. The molecule has 1 rings (SSSR count). The molecule has 1 amide bonds. The lowest BCUT2D eigenvalue weighted by atomic mass is 9.85. The molecule has 1 fully saturated rings. The number of hydrogen-bond donors (Lipinski definition) is 3. The van der Waals surface area contributed by atoms with Crippen LogP contribution in [0.2, 0.25) is 0 Å².